The van der Waals surface area contributed by atoms with Crippen LogP contribution in [0, 0.1) is 0 Å². The molecule has 33 heavy (non-hydrogen) atoms. The van der Waals surface area contributed by atoms with Crippen LogP contribution in [-0.2, 0) is 14.3 Å². The molecule has 0 aliphatic heterocycles. The fourth-order valence-corrected chi connectivity index (χ4v) is 3.53. The number of nitrogens with one attached hydrogen (secondary N) is 2. The summed E-state index contributed by atoms with van der Waals surface area (Å²) >= 11 is 1.31. The van der Waals surface area contributed by atoms with Crippen molar-refractivity contribution >= 4 is 41.3 Å². The van der Waals surface area contributed by atoms with E-state index in [4.69, 9.17) is 4.74 Å². The van der Waals surface area contributed by atoms with Gasteiger partial charge in [-0.3, -0.25) is 19.4 Å². The van der Waals surface area contributed by atoms with Crippen LogP contribution in [0.15, 0.2) is 89.7 Å². The number of carbonyl (C=O) groups excluding carboxylic acids is 3. The van der Waals surface area contributed by atoms with Crippen LogP contribution in [0.4, 0.5) is 5.69 Å². The number of amides is 2. The minimum Gasteiger partial charge on any atom is -0.465 e. The van der Waals surface area contributed by atoms with E-state index < -0.39 is 11.8 Å². The number of nitrogens with zero attached hydrogens (tertiary/aromatic N) is 1. The summed E-state index contributed by atoms with van der Waals surface area (Å²) in [6.45, 7) is 2.09. The van der Waals surface area contributed by atoms with Gasteiger partial charge in [0, 0.05) is 28.5 Å². The SMILES string of the molecule is CCOC(=O)CSc1cccc(NC(=O)/C(=C\c2cccnc2)NC(=O)c2ccccc2)c1. The Bertz CT molecular complexity index is 1130. The van der Waals surface area contributed by atoms with E-state index in [-0.39, 0.29) is 17.4 Å². The monoisotopic (exact) mass is 461 g/mol. The number of ether oxygens (including phenoxy) is 1. The number of pyridine rings is 1. The van der Waals surface area contributed by atoms with Crippen LogP contribution < -0.4 is 10.6 Å². The van der Waals surface area contributed by atoms with Crippen molar-refractivity contribution in [3.05, 3.63) is 95.9 Å². The Balaban J connectivity index is 1.76. The van der Waals surface area contributed by atoms with E-state index in [9.17, 15) is 14.4 Å². The van der Waals surface area contributed by atoms with Gasteiger partial charge in [0.1, 0.15) is 5.70 Å². The standard InChI is InChI=1S/C25H23N3O4S/c1-2-32-23(29)17-33-21-12-6-11-20(15-21)27-25(31)22(14-18-8-7-13-26-16-18)28-24(30)19-9-4-3-5-10-19/h3-16H,2,17H2,1H3,(H,27,31)(H,28,30)/b22-14+. The van der Waals surface area contributed by atoms with Crippen molar-refractivity contribution in [2.24, 2.45) is 0 Å². The normalized spacial score (nSPS) is 10.9. The molecule has 0 radical (unpaired) electrons. The topological polar surface area (TPSA) is 97.4 Å². The van der Waals surface area contributed by atoms with Gasteiger partial charge in [0.2, 0.25) is 0 Å². The fourth-order valence-electron chi connectivity index (χ4n) is 2.78. The van der Waals surface area contributed by atoms with Gasteiger partial charge in [-0.05, 0) is 55.0 Å². The minimum atomic E-state index is -0.490. The van der Waals surface area contributed by atoms with E-state index in [1.807, 2.05) is 12.1 Å². The van der Waals surface area contributed by atoms with E-state index in [0.29, 0.717) is 23.4 Å². The molecular formula is C25H23N3O4S. The van der Waals surface area contributed by atoms with Gasteiger partial charge < -0.3 is 15.4 Å². The molecular weight excluding hydrogens is 438 g/mol. The van der Waals surface area contributed by atoms with Crippen LogP contribution in [-0.4, -0.2) is 35.1 Å². The number of rotatable bonds is 9. The molecule has 2 aromatic carbocycles. The first-order valence-electron chi connectivity index (χ1n) is 10.2. The summed E-state index contributed by atoms with van der Waals surface area (Å²) in [5.41, 5.74) is 1.69. The van der Waals surface area contributed by atoms with Gasteiger partial charge in [0.25, 0.3) is 11.8 Å². The molecule has 0 aliphatic rings. The fraction of sp³-hybridized carbons (Fsp3) is 0.120. The number of carbonyl (C=O) groups is 3. The first-order valence-corrected chi connectivity index (χ1v) is 11.2. The Labute approximate surface area is 196 Å². The molecule has 2 amide bonds. The van der Waals surface area contributed by atoms with Gasteiger partial charge in [-0.2, -0.15) is 0 Å². The number of benzene rings is 2. The molecule has 0 saturated heterocycles. The summed E-state index contributed by atoms with van der Waals surface area (Å²) in [4.78, 5) is 42.2. The van der Waals surface area contributed by atoms with Crippen LogP contribution in [0.25, 0.3) is 6.08 Å². The number of hydrogen-bond donors (Lipinski definition) is 2. The molecule has 0 saturated carbocycles. The molecule has 0 spiro atoms. The van der Waals surface area contributed by atoms with Gasteiger partial charge in [-0.1, -0.05) is 30.3 Å². The first-order chi connectivity index (χ1) is 16.0. The summed E-state index contributed by atoms with van der Waals surface area (Å²) in [5, 5.41) is 5.49. The van der Waals surface area contributed by atoms with Crippen LogP contribution in [0.3, 0.4) is 0 Å². The zero-order valence-corrected chi connectivity index (χ0v) is 18.8. The molecule has 0 bridgehead atoms. The summed E-state index contributed by atoms with van der Waals surface area (Å²) in [6.07, 6.45) is 4.77. The Hall–Kier alpha value is -3.91. The molecule has 7 nitrogen and oxygen atoms in total. The second kappa shape index (κ2) is 12.2. The molecule has 0 atom stereocenters. The lowest BCUT2D eigenvalue weighted by Crippen LogP contribution is -2.30. The van der Waals surface area contributed by atoms with Crippen molar-refractivity contribution in [3.8, 4) is 0 Å². The number of anilines is 1. The highest BCUT2D eigenvalue weighted by atomic mass is 32.2. The molecule has 3 aromatic rings. The first kappa shape index (κ1) is 23.7. The van der Waals surface area contributed by atoms with Crippen molar-refractivity contribution in [1.82, 2.24) is 10.3 Å². The lowest BCUT2D eigenvalue weighted by atomic mass is 10.2. The zero-order valence-electron chi connectivity index (χ0n) is 18.0. The predicted molar refractivity (Wildman–Crippen MR) is 129 cm³/mol. The maximum atomic E-state index is 13.1. The lowest BCUT2D eigenvalue weighted by Gasteiger charge is -2.12. The van der Waals surface area contributed by atoms with E-state index >= 15 is 0 Å². The predicted octanol–water partition coefficient (Wildman–Crippen LogP) is 4.15. The Morgan fingerprint density at radius 3 is 2.58 bits per heavy atom. The van der Waals surface area contributed by atoms with Gasteiger partial charge in [-0.15, -0.1) is 11.8 Å². The van der Waals surface area contributed by atoms with Gasteiger partial charge in [0.15, 0.2) is 0 Å². The zero-order chi connectivity index (χ0) is 23.5. The summed E-state index contributed by atoms with van der Waals surface area (Å²) in [7, 11) is 0. The van der Waals surface area contributed by atoms with E-state index in [1.165, 1.54) is 11.8 Å². The highest BCUT2D eigenvalue weighted by molar-refractivity contribution is 8.00. The van der Waals surface area contributed by atoms with Crippen LogP contribution in [0.2, 0.25) is 0 Å². The maximum Gasteiger partial charge on any atom is 0.316 e. The van der Waals surface area contributed by atoms with Crippen molar-refractivity contribution in [2.75, 3.05) is 17.7 Å². The highest BCUT2D eigenvalue weighted by Crippen LogP contribution is 2.22. The second-order valence-corrected chi connectivity index (χ2v) is 7.79. The van der Waals surface area contributed by atoms with Gasteiger partial charge >= 0.3 is 5.97 Å². The van der Waals surface area contributed by atoms with Crippen molar-refractivity contribution in [2.45, 2.75) is 11.8 Å². The summed E-state index contributed by atoms with van der Waals surface area (Å²) in [5.74, 6) is -1.03. The molecule has 8 heteroatoms. The van der Waals surface area contributed by atoms with Gasteiger partial charge in [0.05, 0.1) is 12.4 Å². The average molecular weight is 462 g/mol. The quantitative estimate of drug-likeness (QED) is 0.282. The Morgan fingerprint density at radius 2 is 1.85 bits per heavy atom. The Kier molecular flexibility index (Phi) is 8.79. The van der Waals surface area contributed by atoms with Crippen molar-refractivity contribution in [1.29, 1.82) is 0 Å². The second-order valence-electron chi connectivity index (χ2n) is 6.74. The summed E-state index contributed by atoms with van der Waals surface area (Å²) in [6, 6.07) is 19.3. The van der Waals surface area contributed by atoms with E-state index in [2.05, 4.69) is 15.6 Å². The molecule has 0 fully saturated rings. The number of thioether (sulfide) groups is 1. The molecule has 0 aliphatic carbocycles. The van der Waals surface area contributed by atoms with Crippen molar-refractivity contribution < 1.29 is 19.1 Å². The third kappa shape index (κ3) is 7.62. The largest absolute Gasteiger partial charge is 0.465 e. The third-order valence-corrected chi connectivity index (χ3v) is 5.25. The molecule has 168 valence electrons. The summed E-state index contributed by atoms with van der Waals surface area (Å²) < 4.78 is 4.94. The van der Waals surface area contributed by atoms with Crippen molar-refractivity contribution in [3.63, 3.8) is 0 Å². The molecule has 2 N–H and O–H groups in total. The smallest absolute Gasteiger partial charge is 0.316 e. The Morgan fingerprint density at radius 1 is 1.03 bits per heavy atom. The van der Waals surface area contributed by atoms with Crippen LogP contribution >= 0.6 is 11.8 Å². The third-order valence-electron chi connectivity index (χ3n) is 4.28. The molecule has 3 rings (SSSR count). The highest BCUT2D eigenvalue weighted by Gasteiger charge is 2.15. The van der Waals surface area contributed by atoms with Crippen LogP contribution in [0.1, 0.15) is 22.8 Å². The number of hydrogen-bond acceptors (Lipinski definition) is 6. The number of esters is 1. The van der Waals surface area contributed by atoms with E-state index in [1.54, 1.807) is 80.0 Å². The maximum absolute atomic E-state index is 13.1. The number of aromatic nitrogens is 1. The average Bonchev–Trinajstić information content (AvgIpc) is 2.84. The molecule has 0 unspecified atom stereocenters. The lowest BCUT2D eigenvalue weighted by molar-refractivity contribution is -0.139. The van der Waals surface area contributed by atoms with E-state index in [0.717, 1.165) is 4.90 Å². The molecule has 1 aromatic heterocycles. The molecule has 1 heterocycles. The van der Waals surface area contributed by atoms with Crippen LogP contribution in [0.5, 0.6) is 0 Å². The van der Waals surface area contributed by atoms with Gasteiger partial charge in [-0.25, -0.2) is 0 Å². The minimum absolute atomic E-state index is 0.0708.